The summed E-state index contributed by atoms with van der Waals surface area (Å²) >= 11 is 0. The number of carbonyl (C=O) groups excluding carboxylic acids is 3. The van der Waals surface area contributed by atoms with Gasteiger partial charge in [-0.1, -0.05) is 70.1 Å². The summed E-state index contributed by atoms with van der Waals surface area (Å²) in [6, 6.07) is 7.30. The largest absolute Gasteiger partial charge is 0.440 e. The van der Waals surface area contributed by atoms with Gasteiger partial charge in [0.05, 0.1) is 37.5 Å². The van der Waals surface area contributed by atoms with Crippen LogP contribution in [0.15, 0.2) is 48.5 Å². The van der Waals surface area contributed by atoms with Gasteiger partial charge in [0.15, 0.2) is 12.4 Å². The van der Waals surface area contributed by atoms with Crippen LogP contribution in [0, 0.1) is 6.92 Å². The molecule has 0 aromatic heterocycles. The molecular formula is C39H55F3N4O11. The summed E-state index contributed by atoms with van der Waals surface area (Å²) in [5.74, 6) is -0.432. The molecule has 2 heterocycles. The van der Waals surface area contributed by atoms with Crippen molar-refractivity contribution in [2.45, 2.75) is 133 Å². The summed E-state index contributed by atoms with van der Waals surface area (Å²) in [7, 11) is 0. The van der Waals surface area contributed by atoms with Crippen LogP contribution in [0.3, 0.4) is 0 Å². The minimum atomic E-state index is -4.67. The van der Waals surface area contributed by atoms with E-state index in [-0.39, 0.29) is 18.7 Å². The molecule has 0 aliphatic carbocycles. The summed E-state index contributed by atoms with van der Waals surface area (Å²) in [4.78, 5) is 39.5. The molecule has 0 spiro atoms. The van der Waals surface area contributed by atoms with E-state index in [9.17, 15) is 48.0 Å². The SMILES string of the molecule is CCCCCCCCCCC(=O)N[C@H]1C(CO)OCC(NC(=O)Nc2cccc(C(F)(F)F)c2)[C@H]1O[C@H]1OC(CO)[C@H](O)[C@H](OC(=O)Nc2cccc(C)c2)C1O. The normalized spacial score (nSPS) is 26.3. The van der Waals surface area contributed by atoms with Crippen molar-refractivity contribution < 1.29 is 66.9 Å². The molecule has 4 rings (SSSR count). The van der Waals surface area contributed by atoms with Gasteiger partial charge in [-0.05, 0) is 49.2 Å². The van der Waals surface area contributed by atoms with Gasteiger partial charge >= 0.3 is 18.3 Å². The summed E-state index contributed by atoms with van der Waals surface area (Å²) in [5.41, 5.74) is 0.00914. The zero-order valence-electron chi connectivity index (χ0n) is 32.1. The summed E-state index contributed by atoms with van der Waals surface area (Å²) in [6.07, 6.45) is -8.75. The first-order chi connectivity index (χ1) is 27.2. The minimum absolute atomic E-state index is 0.109. The third kappa shape index (κ3) is 13.8. The first-order valence-corrected chi connectivity index (χ1v) is 19.3. The zero-order chi connectivity index (χ0) is 41.5. The van der Waals surface area contributed by atoms with Gasteiger partial charge in [0.1, 0.15) is 30.5 Å². The number of amides is 4. The number of halogens is 3. The van der Waals surface area contributed by atoms with E-state index in [4.69, 9.17) is 18.9 Å². The van der Waals surface area contributed by atoms with Gasteiger partial charge in [0, 0.05) is 17.8 Å². The predicted molar refractivity (Wildman–Crippen MR) is 201 cm³/mol. The van der Waals surface area contributed by atoms with Gasteiger partial charge in [-0.3, -0.25) is 10.1 Å². The summed E-state index contributed by atoms with van der Waals surface area (Å²) in [5, 5.41) is 52.9. The second kappa shape index (κ2) is 22.2. The van der Waals surface area contributed by atoms with Crippen LogP contribution < -0.4 is 21.3 Å². The average molecular weight is 813 g/mol. The van der Waals surface area contributed by atoms with E-state index in [1.165, 1.54) is 12.5 Å². The number of alkyl halides is 3. The minimum Gasteiger partial charge on any atom is -0.440 e. The van der Waals surface area contributed by atoms with Crippen molar-refractivity contribution in [2.24, 2.45) is 0 Å². The lowest BCUT2D eigenvalue weighted by Gasteiger charge is -2.47. The van der Waals surface area contributed by atoms with Crippen LogP contribution in [0.5, 0.6) is 0 Å². The monoisotopic (exact) mass is 812 g/mol. The number of nitrogens with one attached hydrogen (secondary N) is 4. The smallest absolute Gasteiger partial charge is 0.416 e. The Bertz CT molecular complexity index is 1590. The molecule has 9 atom stereocenters. The number of carbonyl (C=O) groups is 3. The third-order valence-electron chi connectivity index (χ3n) is 9.79. The predicted octanol–water partition coefficient (Wildman–Crippen LogP) is 4.35. The molecular weight excluding hydrogens is 757 g/mol. The van der Waals surface area contributed by atoms with Gasteiger partial charge in [0.25, 0.3) is 0 Å². The van der Waals surface area contributed by atoms with E-state index in [1.54, 1.807) is 31.2 Å². The molecule has 4 amide bonds. The highest BCUT2D eigenvalue weighted by atomic mass is 19.4. The van der Waals surface area contributed by atoms with Crippen molar-refractivity contribution in [3.05, 3.63) is 59.7 Å². The van der Waals surface area contributed by atoms with Crippen LogP contribution in [0.4, 0.5) is 34.1 Å². The van der Waals surface area contributed by atoms with Crippen LogP contribution in [-0.2, 0) is 29.9 Å². The molecule has 15 nitrogen and oxygen atoms in total. The Morgan fingerprint density at radius 3 is 2.12 bits per heavy atom. The van der Waals surface area contributed by atoms with Crippen LogP contribution in [0.1, 0.15) is 75.8 Å². The van der Waals surface area contributed by atoms with Crippen LogP contribution in [0.25, 0.3) is 0 Å². The molecule has 2 aliphatic rings. The fraction of sp³-hybridized carbons (Fsp3) is 0.615. The van der Waals surface area contributed by atoms with Gasteiger partial charge in [0.2, 0.25) is 5.91 Å². The highest BCUT2D eigenvalue weighted by Gasteiger charge is 2.51. The van der Waals surface area contributed by atoms with Gasteiger partial charge < -0.3 is 55.3 Å². The van der Waals surface area contributed by atoms with E-state index in [0.29, 0.717) is 12.1 Å². The molecule has 4 unspecified atom stereocenters. The molecule has 318 valence electrons. The van der Waals surface area contributed by atoms with E-state index < -0.39 is 98.0 Å². The summed E-state index contributed by atoms with van der Waals surface area (Å²) < 4.78 is 63.2. The fourth-order valence-electron chi connectivity index (χ4n) is 6.77. The number of hydrogen-bond donors (Lipinski definition) is 8. The lowest BCUT2D eigenvalue weighted by molar-refractivity contribution is -0.319. The number of ether oxygens (including phenoxy) is 4. The molecule has 0 bridgehead atoms. The molecule has 18 heteroatoms. The molecule has 0 radical (unpaired) electrons. The van der Waals surface area contributed by atoms with Crippen molar-refractivity contribution in [1.29, 1.82) is 0 Å². The van der Waals surface area contributed by atoms with Crippen molar-refractivity contribution in [3.63, 3.8) is 0 Å². The molecule has 8 N–H and O–H groups in total. The molecule has 57 heavy (non-hydrogen) atoms. The Labute approximate surface area is 329 Å². The lowest BCUT2D eigenvalue weighted by Crippen LogP contribution is -2.69. The first-order valence-electron chi connectivity index (χ1n) is 19.3. The summed E-state index contributed by atoms with van der Waals surface area (Å²) in [6.45, 7) is 2.17. The lowest BCUT2D eigenvalue weighted by atomic mass is 9.94. The van der Waals surface area contributed by atoms with Crippen LogP contribution in [-0.4, -0.2) is 113 Å². The van der Waals surface area contributed by atoms with Crippen molar-refractivity contribution in [1.82, 2.24) is 10.6 Å². The van der Waals surface area contributed by atoms with E-state index >= 15 is 0 Å². The van der Waals surface area contributed by atoms with E-state index in [1.807, 2.05) is 0 Å². The molecule has 0 saturated carbocycles. The Morgan fingerprint density at radius 2 is 1.47 bits per heavy atom. The second-order valence-corrected chi connectivity index (χ2v) is 14.3. The molecule has 2 aromatic carbocycles. The number of urea groups is 1. The number of unbranched alkanes of at least 4 members (excludes halogenated alkanes) is 7. The van der Waals surface area contributed by atoms with Crippen LogP contribution in [0.2, 0.25) is 0 Å². The second-order valence-electron chi connectivity index (χ2n) is 14.3. The van der Waals surface area contributed by atoms with Crippen molar-refractivity contribution >= 4 is 29.4 Å². The molecule has 2 aromatic rings. The Hall–Kier alpha value is -4.04. The quantitative estimate of drug-likeness (QED) is 0.0991. The maximum Gasteiger partial charge on any atom is 0.416 e. The Morgan fingerprint density at radius 1 is 0.825 bits per heavy atom. The average Bonchev–Trinajstić information content (AvgIpc) is 3.16. The van der Waals surface area contributed by atoms with Crippen LogP contribution >= 0.6 is 0 Å². The van der Waals surface area contributed by atoms with E-state index in [0.717, 1.165) is 62.3 Å². The van der Waals surface area contributed by atoms with Crippen molar-refractivity contribution in [3.8, 4) is 0 Å². The number of benzene rings is 2. The number of hydrogen-bond acceptors (Lipinski definition) is 11. The Balaban J connectivity index is 1.54. The maximum absolute atomic E-state index is 13.4. The number of aliphatic hydroxyl groups excluding tert-OH is 4. The zero-order valence-corrected chi connectivity index (χ0v) is 32.1. The first kappa shape index (κ1) is 45.7. The Kier molecular flexibility index (Phi) is 17.8. The molecule has 2 aliphatic heterocycles. The van der Waals surface area contributed by atoms with Gasteiger partial charge in [-0.15, -0.1) is 0 Å². The number of rotatable bonds is 18. The number of aryl methyl sites for hydroxylation is 1. The van der Waals surface area contributed by atoms with Gasteiger partial charge in [-0.2, -0.15) is 13.2 Å². The highest BCUT2D eigenvalue weighted by molar-refractivity contribution is 5.89. The standard InChI is InChI=1S/C39H55F3N4O11/c1-3-4-5-6-7-8-9-10-17-30(49)46-31-28(20-47)54-22-27(45-37(52)43-26-16-12-14-24(19-26)39(40,41)42)34(31)56-36-33(51)35(32(50)29(21-48)55-36)57-38(53)44-25-15-11-13-23(2)18-25/h11-16,18-19,27-29,31-36,47-48,50-51H,3-10,17,20-22H2,1-2H3,(H,44,53)(H,46,49)(H2,43,45,52)/t27?,28?,29?,31-,32-,33?,34+,35-,36+/m0/s1. The number of aliphatic hydroxyl groups is 4. The number of anilines is 2. The van der Waals surface area contributed by atoms with Gasteiger partial charge in [-0.25, -0.2) is 9.59 Å². The fourth-order valence-corrected chi connectivity index (χ4v) is 6.77. The van der Waals surface area contributed by atoms with E-state index in [2.05, 4.69) is 28.2 Å². The maximum atomic E-state index is 13.4. The molecule has 2 fully saturated rings. The highest BCUT2D eigenvalue weighted by Crippen LogP contribution is 2.32. The third-order valence-corrected chi connectivity index (χ3v) is 9.79. The molecule has 2 saturated heterocycles. The van der Waals surface area contributed by atoms with Crippen molar-refractivity contribution in [2.75, 3.05) is 30.5 Å². The topological polar surface area (TPSA) is 217 Å².